The number of aliphatic carboxylic acids is 2. The van der Waals surface area contributed by atoms with E-state index in [4.69, 9.17) is 27.5 Å². The molecule has 1 aliphatic heterocycles. The van der Waals surface area contributed by atoms with Crippen molar-refractivity contribution in [3.63, 3.8) is 0 Å². The minimum atomic E-state index is -1.03. The van der Waals surface area contributed by atoms with Gasteiger partial charge in [0.15, 0.2) is 0 Å². The van der Waals surface area contributed by atoms with E-state index in [-0.39, 0.29) is 11.0 Å². The summed E-state index contributed by atoms with van der Waals surface area (Å²) in [6, 6.07) is 6.70. The molecule has 6 nitrogen and oxygen atoms in total. The molecule has 0 aromatic heterocycles. The molecule has 26 heavy (non-hydrogen) atoms. The molecule has 2 rings (SSSR count). The first kappa shape index (κ1) is 21.1. The minimum Gasteiger partial charge on any atom is -0.480 e. The summed E-state index contributed by atoms with van der Waals surface area (Å²) in [5, 5.41) is 18.7. The molecule has 1 aromatic carbocycles. The van der Waals surface area contributed by atoms with Gasteiger partial charge in [-0.2, -0.15) is 0 Å². The van der Waals surface area contributed by atoms with Crippen molar-refractivity contribution < 1.29 is 19.8 Å². The number of nitrogens with two attached hydrogens (primary N) is 1. The molecular formula is C17H21ClN2O4S2. The largest absolute Gasteiger partial charge is 0.480 e. The lowest BCUT2D eigenvalue weighted by atomic mass is 10.0. The number of rotatable bonds is 8. The second-order valence-corrected chi connectivity index (χ2v) is 8.98. The highest BCUT2D eigenvalue weighted by Crippen LogP contribution is 2.36. The van der Waals surface area contributed by atoms with E-state index < -0.39 is 18.0 Å². The molecule has 0 saturated carbocycles. The maximum Gasteiger partial charge on any atom is 0.328 e. The molecule has 1 fully saturated rings. The summed E-state index contributed by atoms with van der Waals surface area (Å²) in [5.74, 6) is -1.73. The average Bonchev–Trinajstić information content (AvgIpc) is 2.58. The third-order valence-electron chi connectivity index (χ3n) is 3.94. The summed E-state index contributed by atoms with van der Waals surface area (Å²) < 4.78 is 0. The van der Waals surface area contributed by atoms with Crippen LogP contribution in [0, 0.1) is 0 Å². The van der Waals surface area contributed by atoms with Crippen LogP contribution < -0.4 is 5.73 Å². The van der Waals surface area contributed by atoms with Crippen LogP contribution in [0.25, 0.3) is 0 Å². The van der Waals surface area contributed by atoms with Crippen LogP contribution in [0.3, 0.4) is 0 Å². The van der Waals surface area contributed by atoms with E-state index in [1.54, 1.807) is 0 Å². The van der Waals surface area contributed by atoms with Gasteiger partial charge in [-0.05, 0) is 23.6 Å². The average molecular weight is 417 g/mol. The van der Waals surface area contributed by atoms with Gasteiger partial charge in [0, 0.05) is 41.7 Å². The Kier molecular flexibility index (Phi) is 8.30. The lowest BCUT2D eigenvalue weighted by Crippen LogP contribution is -2.37. The van der Waals surface area contributed by atoms with Crippen molar-refractivity contribution in [3.05, 3.63) is 46.5 Å². The first-order valence-electron chi connectivity index (χ1n) is 8.02. The smallest absolute Gasteiger partial charge is 0.328 e. The van der Waals surface area contributed by atoms with Gasteiger partial charge in [0.1, 0.15) is 6.04 Å². The van der Waals surface area contributed by atoms with E-state index in [0.29, 0.717) is 18.1 Å². The van der Waals surface area contributed by atoms with Crippen LogP contribution in [0.5, 0.6) is 0 Å². The Bertz CT molecular complexity index is 686. The Labute approximate surface area is 165 Å². The van der Waals surface area contributed by atoms with Gasteiger partial charge in [-0.1, -0.05) is 51.4 Å². The van der Waals surface area contributed by atoms with Crippen molar-refractivity contribution in [1.82, 2.24) is 4.90 Å². The Morgan fingerprint density at radius 3 is 2.77 bits per heavy atom. The zero-order chi connectivity index (χ0) is 19.1. The molecule has 0 bridgehead atoms. The Morgan fingerprint density at radius 1 is 1.38 bits per heavy atom. The van der Waals surface area contributed by atoms with Gasteiger partial charge in [0.05, 0.1) is 0 Å². The molecule has 1 heterocycles. The number of carbonyl (C=O) groups is 2. The predicted octanol–water partition coefficient (Wildman–Crippen LogP) is 2.72. The number of benzene rings is 1. The molecule has 1 aliphatic rings. The Hall–Kier alpha value is -1.19. The predicted molar refractivity (Wildman–Crippen MR) is 107 cm³/mol. The van der Waals surface area contributed by atoms with Crippen LogP contribution in [0.1, 0.15) is 12.0 Å². The highest BCUT2D eigenvalue weighted by atomic mass is 35.5. The zero-order valence-electron chi connectivity index (χ0n) is 14.0. The molecule has 1 unspecified atom stereocenters. The first-order chi connectivity index (χ1) is 12.4. The molecule has 0 amide bonds. The normalized spacial score (nSPS) is 20.8. The number of nitrogens with zero attached hydrogens (tertiary/aromatic N) is 1. The number of halogens is 1. The standard InChI is InChI=1S/C17H21ClN2O4S2/c18-13-4-2-1-3-11(13)8-20-6-5-15(12(9-20)7-16(21)22)26-25-10-14(19)17(23)24/h1-4,7,14-15H,5-6,8-10,19H2,(H,21,22)(H,23,24)/t14-,15?/m0/s1. The molecule has 0 aliphatic carbocycles. The molecule has 2 atom stereocenters. The topological polar surface area (TPSA) is 104 Å². The molecule has 1 aromatic rings. The van der Waals surface area contributed by atoms with Gasteiger partial charge in [-0.15, -0.1) is 0 Å². The highest BCUT2D eigenvalue weighted by Gasteiger charge is 2.26. The fraction of sp³-hybridized carbons (Fsp3) is 0.412. The van der Waals surface area contributed by atoms with Crippen molar-refractivity contribution in [3.8, 4) is 0 Å². The molecule has 0 spiro atoms. The van der Waals surface area contributed by atoms with Crippen LogP contribution in [0.2, 0.25) is 5.02 Å². The van der Waals surface area contributed by atoms with Crippen molar-refractivity contribution in [1.29, 1.82) is 0 Å². The molecule has 142 valence electrons. The zero-order valence-corrected chi connectivity index (χ0v) is 16.4. The van der Waals surface area contributed by atoms with Gasteiger partial charge >= 0.3 is 11.9 Å². The second-order valence-electron chi connectivity index (χ2n) is 5.96. The van der Waals surface area contributed by atoms with Crippen LogP contribution in [-0.4, -0.2) is 57.2 Å². The third kappa shape index (κ3) is 6.51. The van der Waals surface area contributed by atoms with Crippen LogP contribution in [-0.2, 0) is 16.1 Å². The molecule has 0 radical (unpaired) electrons. The van der Waals surface area contributed by atoms with E-state index in [0.717, 1.165) is 24.1 Å². The van der Waals surface area contributed by atoms with E-state index in [9.17, 15) is 9.59 Å². The van der Waals surface area contributed by atoms with Crippen molar-refractivity contribution >= 4 is 45.1 Å². The minimum absolute atomic E-state index is 0.0274. The van der Waals surface area contributed by atoms with Crippen LogP contribution >= 0.6 is 33.2 Å². The van der Waals surface area contributed by atoms with E-state index in [1.165, 1.54) is 27.7 Å². The molecule has 4 N–H and O–H groups in total. The van der Waals surface area contributed by atoms with Crippen molar-refractivity contribution in [2.75, 3.05) is 18.8 Å². The lowest BCUT2D eigenvalue weighted by Gasteiger charge is -2.33. The molecule has 9 heteroatoms. The van der Waals surface area contributed by atoms with Gasteiger partial charge in [-0.25, -0.2) is 4.79 Å². The first-order valence-corrected chi connectivity index (χ1v) is 10.8. The number of likely N-dealkylation sites (tertiary alicyclic amines) is 1. The maximum absolute atomic E-state index is 11.2. The summed E-state index contributed by atoms with van der Waals surface area (Å²) in [4.78, 5) is 24.1. The summed E-state index contributed by atoms with van der Waals surface area (Å²) >= 11 is 6.21. The van der Waals surface area contributed by atoms with Crippen molar-refractivity contribution in [2.24, 2.45) is 5.73 Å². The van der Waals surface area contributed by atoms with Gasteiger partial charge < -0.3 is 15.9 Å². The maximum atomic E-state index is 11.2. The van der Waals surface area contributed by atoms with E-state index in [2.05, 4.69) is 4.90 Å². The fourth-order valence-corrected chi connectivity index (χ4v) is 5.62. The Balaban J connectivity index is 1.97. The number of carboxylic acids is 2. The number of hydrogen-bond acceptors (Lipinski definition) is 6. The molecule has 1 saturated heterocycles. The van der Waals surface area contributed by atoms with E-state index in [1.807, 2.05) is 24.3 Å². The van der Waals surface area contributed by atoms with Crippen LogP contribution in [0.4, 0.5) is 0 Å². The third-order valence-corrected chi connectivity index (χ3v) is 7.22. The van der Waals surface area contributed by atoms with Gasteiger partial charge in [-0.3, -0.25) is 9.69 Å². The SMILES string of the molecule is N[C@@H](CSSC1CCN(Cc2ccccc2Cl)CC1=CC(=O)O)C(=O)O. The molecular weight excluding hydrogens is 396 g/mol. The number of piperidine rings is 1. The number of carboxylic acid groups (broad SMARTS) is 2. The summed E-state index contributed by atoms with van der Waals surface area (Å²) in [5.41, 5.74) is 7.33. The summed E-state index contributed by atoms with van der Waals surface area (Å²) in [6.07, 6.45) is 2.04. The second kappa shape index (κ2) is 10.2. The fourth-order valence-electron chi connectivity index (χ4n) is 2.60. The van der Waals surface area contributed by atoms with Gasteiger partial charge in [0.25, 0.3) is 0 Å². The monoisotopic (exact) mass is 416 g/mol. The lowest BCUT2D eigenvalue weighted by molar-refractivity contribution is -0.138. The summed E-state index contributed by atoms with van der Waals surface area (Å²) in [6.45, 7) is 2.01. The van der Waals surface area contributed by atoms with E-state index >= 15 is 0 Å². The van der Waals surface area contributed by atoms with Crippen LogP contribution in [0.15, 0.2) is 35.9 Å². The highest BCUT2D eigenvalue weighted by molar-refractivity contribution is 8.77. The van der Waals surface area contributed by atoms with Gasteiger partial charge in [0.2, 0.25) is 0 Å². The Morgan fingerprint density at radius 2 is 2.12 bits per heavy atom. The van der Waals surface area contributed by atoms with Crippen molar-refractivity contribution in [2.45, 2.75) is 24.3 Å². The summed E-state index contributed by atoms with van der Waals surface area (Å²) in [7, 11) is 2.87. The number of hydrogen-bond donors (Lipinski definition) is 3. The quantitative estimate of drug-likeness (QED) is 0.439.